The Balaban J connectivity index is 1.79. The first-order chi connectivity index (χ1) is 10.6. The Labute approximate surface area is 127 Å². The molecule has 2 aromatic carbocycles. The molecule has 0 spiro atoms. The second-order valence-corrected chi connectivity index (χ2v) is 4.96. The summed E-state index contributed by atoms with van der Waals surface area (Å²) < 4.78 is 0. The van der Waals surface area contributed by atoms with E-state index in [1.54, 1.807) is 18.3 Å². The lowest BCUT2D eigenvalue weighted by molar-refractivity contribution is 0.0954. The smallest absolute Gasteiger partial charge is 0.271 e. The van der Waals surface area contributed by atoms with Crippen molar-refractivity contribution in [3.63, 3.8) is 0 Å². The highest BCUT2D eigenvalue weighted by molar-refractivity contribution is 6.01. The average Bonchev–Trinajstić information content (AvgIpc) is 2.83. The number of aryl methyl sites for hydroxylation is 1. The molecule has 0 radical (unpaired) electrons. The molecule has 110 valence electrons. The first-order valence-electron chi connectivity index (χ1n) is 6.85. The van der Waals surface area contributed by atoms with Gasteiger partial charge in [0.05, 0.1) is 6.21 Å². The lowest BCUT2D eigenvalue weighted by Crippen LogP contribution is -2.17. The number of phenols is 1. The average molecular weight is 293 g/mol. The molecule has 5 heteroatoms. The molecule has 5 nitrogen and oxygen atoms in total. The van der Waals surface area contributed by atoms with Gasteiger partial charge in [0, 0.05) is 27.7 Å². The van der Waals surface area contributed by atoms with Crippen LogP contribution >= 0.6 is 0 Å². The number of hydrogen-bond acceptors (Lipinski definition) is 3. The molecule has 0 unspecified atom stereocenters. The number of H-pyrrole nitrogens is 1. The van der Waals surface area contributed by atoms with Crippen LogP contribution in [0.2, 0.25) is 0 Å². The highest BCUT2D eigenvalue weighted by Gasteiger charge is 2.07. The van der Waals surface area contributed by atoms with Crippen molar-refractivity contribution in [2.24, 2.45) is 5.10 Å². The van der Waals surface area contributed by atoms with Crippen molar-refractivity contribution in [1.29, 1.82) is 0 Å². The minimum atomic E-state index is -0.371. The third-order valence-electron chi connectivity index (χ3n) is 3.41. The predicted octanol–water partition coefficient (Wildman–Crippen LogP) is 2.95. The minimum absolute atomic E-state index is 0.0455. The Morgan fingerprint density at radius 3 is 2.86 bits per heavy atom. The van der Waals surface area contributed by atoms with E-state index in [1.807, 2.05) is 31.2 Å². The van der Waals surface area contributed by atoms with Gasteiger partial charge in [-0.3, -0.25) is 4.79 Å². The molecule has 0 saturated carbocycles. The molecule has 1 aromatic heterocycles. The number of nitrogens with zero attached hydrogens (tertiary/aromatic N) is 1. The number of rotatable bonds is 3. The summed E-state index contributed by atoms with van der Waals surface area (Å²) in [5.41, 5.74) is 5.76. The summed E-state index contributed by atoms with van der Waals surface area (Å²) in [6.45, 7) is 1.96. The van der Waals surface area contributed by atoms with E-state index in [4.69, 9.17) is 0 Å². The second kappa shape index (κ2) is 5.73. The Bertz CT molecular complexity index is 865. The van der Waals surface area contributed by atoms with Crippen molar-refractivity contribution in [3.8, 4) is 5.75 Å². The first-order valence-corrected chi connectivity index (χ1v) is 6.85. The number of aromatic nitrogens is 1. The fourth-order valence-corrected chi connectivity index (χ4v) is 2.33. The van der Waals surface area contributed by atoms with E-state index in [1.165, 1.54) is 12.1 Å². The zero-order chi connectivity index (χ0) is 15.5. The van der Waals surface area contributed by atoms with Crippen LogP contribution in [0.15, 0.2) is 53.6 Å². The molecule has 3 aromatic rings. The van der Waals surface area contributed by atoms with Crippen molar-refractivity contribution in [2.45, 2.75) is 6.92 Å². The van der Waals surface area contributed by atoms with Crippen LogP contribution < -0.4 is 5.43 Å². The topological polar surface area (TPSA) is 77.5 Å². The molecule has 3 rings (SSSR count). The van der Waals surface area contributed by atoms with E-state index < -0.39 is 0 Å². The standard InChI is InChI=1S/C17H15N3O2/c1-11-15(14-7-2-3-8-16(14)19-11)10-18-20-17(22)12-5-4-6-13(21)9-12/h2-10,19,21H,1H3,(H,20,22)/b18-10-. The fourth-order valence-electron chi connectivity index (χ4n) is 2.33. The molecule has 0 aliphatic rings. The molecule has 0 bridgehead atoms. The largest absolute Gasteiger partial charge is 0.508 e. The molecule has 0 aliphatic heterocycles. The van der Waals surface area contributed by atoms with Crippen LogP contribution in [-0.2, 0) is 0 Å². The van der Waals surface area contributed by atoms with Crippen LogP contribution in [0.5, 0.6) is 5.75 Å². The van der Waals surface area contributed by atoms with E-state index in [0.29, 0.717) is 5.56 Å². The number of para-hydroxylation sites is 1. The molecule has 22 heavy (non-hydrogen) atoms. The summed E-state index contributed by atoms with van der Waals surface area (Å²) in [6.07, 6.45) is 1.62. The van der Waals surface area contributed by atoms with Crippen molar-refractivity contribution >= 4 is 23.0 Å². The zero-order valence-electron chi connectivity index (χ0n) is 12.0. The molecule has 0 aliphatic carbocycles. The van der Waals surface area contributed by atoms with Gasteiger partial charge in [-0.15, -0.1) is 0 Å². The van der Waals surface area contributed by atoms with Crippen molar-refractivity contribution < 1.29 is 9.90 Å². The van der Waals surface area contributed by atoms with E-state index >= 15 is 0 Å². The number of nitrogens with one attached hydrogen (secondary N) is 2. The highest BCUT2D eigenvalue weighted by Crippen LogP contribution is 2.19. The number of benzene rings is 2. The maximum Gasteiger partial charge on any atom is 0.271 e. The predicted molar refractivity (Wildman–Crippen MR) is 86.2 cm³/mol. The number of phenolic OH excluding ortho intramolecular Hbond substituents is 1. The highest BCUT2D eigenvalue weighted by atomic mass is 16.3. The van der Waals surface area contributed by atoms with Crippen LogP contribution in [-0.4, -0.2) is 22.2 Å². The van der Waals surface area contributed by atoms with E-state index in [-0.39, 0.29) is 11.7 Å². The number of aromatic hydroxyl groups is 1. The van der Waals surface area contributed by atoms with Crippen molar-refractivity contribution in [1.82, 2.24) is 10.4 Å². The maximum atomic E-state index is 11.9. The third-order valence-corrected chi connectivity index (χ3v) is 3.41. The third kappa shape index (κ3) is 2.69. The van der Waals surface area contributed by atoms with Gasteiger partial charge < -0.3 is 10.1 Å². The van der Waals surface area contributed by atoms with Gasteiger partial charge in [0.2, 0.25) is 0 Å². The normalized spacial score (nSPS) is 11.1. The Kier molecular flexibility index (Phi) is 3.62. The molecular weight excluding hydrogens is 278 g/mol. The number of fused-ring (bicyclic) bond motifs is 1. The van der Waals surface area contributed by atoms with Crippen molar-refractivity contribution in [3.05, 3.63) is 65.4 Å². The quantitative estimate of drug-likeness (QED) is 0.513. The maximum absolute atomic E-state index is 11.9. The van der Waals surface area contributed by atoms with E-state index in [9.17, 15) is 9.90 Å². The number of hydrogen-bond donors (Lipinski definition) is 3. The molecule has 1 amide bonds. The summed E-state index contributed by atoms with van der Waals surface area (Å²) >= 11 is 0. The van der Waals surface area contributed by atoms with E-state index in [2.05, 4.69) is 15.5 Å². The number of carbonyl (C=O) groups is 1. The van der Waals surface area contributed by atoms with Crippen LogP contribution in [0.3, 0.4) is 0 Å². The van der Waals surface area contributed by atoms with Gasteiger partial charge in [-0.1, -0.05) is 24.3 Å². The van der Waals surface area contributed by atoms with Gasteiger partial charge in [-0.05, 0) is 31.2 Å². The number of hydrazone groups is 1. The van der Waals surface area contributed by atoms with Gasteiger partial charge in [0.25, 0.3) is 5.91 Å². The zero-order valence-corrected chi connectivity index (χ0v) is 12.0. The summed E-state index contributed by atoms with van der Waals surface area (Å²) in [4.78, 5) is 15.2. The Hall–Kier alpha value is -3.08. The molecule has 1 heterocycles. The summed E-state index contributed by atoms with van der Waals surface area (Å²) in [7, 11) is 0. The van der Waals surface area contributed by atoms with Crippen LogP contribution in [0.25, 0.3) is 10.9 Å². The minimum Gasteiger partial charge on any atom is -0.508 e. The lowest BCUT2D eigenvalue weighted by Gasteiger charge is -2.00. The molecule has 3 N–H and O–H groups in total. The summed E-state index contributed by atoms with van der Waals surface area (Å²) in [5, 5.41) is 14.4. The van der Waals surface area contributed by atoms with E-state index in [0.717, 1.165) is 22.2 Å². The fraction of sp³-hybridized carbons (Fsp3) is 0.0588. The molecule has 0 fully saturated rings. The monoisotopic (exact) mass is 293 g/mol. The summed E-state index contributed by atoms with van der Waals surface area (Å²) in [6, 6.07) is 14.0. The second-order valence-electron chi connectivity index (χ2n) is 4.96. The van der Waals surface area contributed by atoms with Crippen LogP contribution in [0, 0.1) is 6.92 Å². The van der Waals surface area contributed by atoms with Gasteiger partial charge >= 0.3 is 0 Å². The lowest BCUT2D eigenvalue weighted by atomic mass is 10.1. The Morgan fingerprint density at radius 1 is 1.23 bits per heavy atom. The van der Waals surface area contributed by atoms with Gasteiger partial charge in [0.15, 0.2) is 0 Å². The van der Waals surface area contributed by atoms with Gasteiger partial charge in [-0.2, -0.15) is 5.10 Å². The SMILES string of the molecule is Cc1[nH]c2ccccc2c1/C=N\NC(=O)c1cccc(O)c1. The van der Waals surface area contributed by atoms with Crippen LogP contribution in [0.1, 0.15) is 21.6 Å². The number of carbonyl (C=O) groups excluding carboxylic acids is 1. The molecular formula is C17H15N3O2. The molecule has 0 saturated heterocycles. The Morgan fingerprint density at radius 2 is 2.05 bits per heavy atom. The van der Waals surface area contributed by atoms with Gasteiger partial charge in [-0.25, -0.2) is 5.43 Å². The van der Waals surface area contributed by atoms with Gasteiger partial charge in [0.1, 0.15) is 5.75 Å². The summed E-state index contributed by atoms with van der Waals surface area (Å²) in [5.74, 6) is -0.325. The number of amides is 1. The van der Waals surface area contributed by atoms with Crippen molar-refractivity contribution in [2.75, 3.05) is 0 Å². The number of aromatic amines is 1. The van der Waals surface area contributed by atoms with Crippen LogP contribution in [0.4, 0.5) is 0 Å². The molecule has 0 atom stereocenters. The first kappa shape index (κ1) is 13.9.